The fraction of sp³-hybridized carbons (Fsp3) is 0.391. The molecule has 158 valence electrons. The smallest absolute Gasteiger partial charge is 0.251 e. The normalized spacial score (nSPS) is 11.9. The van der Waals surface area contributed by atoms with Crippen molar-refractivity contribution in [3.8, 4) is 0 Å². The molecule has 0 bridgehead atoms. The van der Waals surface area contributed by atoms with E-state index in [9.17, 15) is 4.79 Å². The van der Waals surface area contributed by atoms with Crippen LogP contribution in [0, 0.1) is 0 Å². The van der Waals surface area contributed by atoms with Gasteiger partial charge in [-0.05, 0) is 43.5 Å². The van der Waals surface area contributed by atoms with Gasteiger partial charge in [-0.15, -0.1) is 24.0 Å². The third-order valence-electron chi connectivity index (χ3n) is 4.45. The number of unbranched alkanes of at least 4 members (excludes halogenated alkanes) is 1. The molecule has 2 aromatic rings. The lowest BCUT2D eigenvalue weighted by molar-refractivity contribution is 0.0953. The SMILES string of the molecule is CCCCNC(=O)c1ccc(CN=C(NCC)NC(C)c2ccccc2)cc1.I. The summed E-state index contributed by atoms with van der Waals surface area (Å²) >= 11 is 0. The monoisotopic (exact) mass is 508 g/mol. The highest BCUT2D eigenvalue weighted by molar-refractivity contribution is 14.0. The molecule has 1 atom stereocenters. The van der Waals surface area contributed by atoms with Crippen molar-refractivity contribution >= 4 is 35.8 Å². The summed E-state index contributed by atoms with van der Waals surface area (Å²) in [4.78, 5) is 16.8. The molecule has 2 rings (SSSR count). The Labute approximate surface area is 191 Å². The summed E-state index contributed by atoms with van der Waals surface area (Å²) in [7, 11) is 0. The second-order valence-corrected chi connectivity index (χ2v) is 6.78. The van der Waals surface area contributed by atoms with E-state index < -0.39 is 0 Å². The van der Waals surface area contributed by atoms with E-state index in [1.807, 2.05) is 42.5 Å². The predicted molar refractivity (Wildman–Crippen MR) is 132 cm³/mol. The molecule has 29 heavy (non-hydrogen) atoms. The minimum Gasteiger partial charge on any atom is -0.357 e. The molecule has 2 aromatic carbocycles. The molecule has 0 saturated heterocycles. The molecule has 3 N–H and O–H groups in total. The number of rotatable bonds is 9. The van der Waals surface area contributed by atoms with Crippen LogP contribution in [0.4, 0.5) is 0 Å². The van der Waals surface area contributed by atoms with Gasteiger partial charge in [0.15, 0.2) is 5.96 Å². The van der Waals surface area contributed by atoms with Crippen molar-refractivity contribution in [2.75, 3.05) is 13.1 Å². The number of benzene rings is 2. The average molecular weight is 508 g/mol. The second kappa shape index (κ2) is 14.0. The van der Waals surface area contributed by atoms with Gasteiger partial charge in [0.25, 0.3) is 5.91 Å². The first-order valence-electron chi connectivity index (χ1n) is 10.1. The number of nitrogens with one attached hydrogen (secondary N) is 3. The zero-order valence-corrected chi connectivity index (χ0v) is 19.9. The Morgan fingerprint density at radius 3 is 2.31 bits per heavy atom. The standard InChI is InChI=1S/C23H32N4O.HI/c1-4-6-16-25-22(28)21-14-12-19(13-15-21)17-26-23(24-5-2)27-18(3)20-10-8-7-9-11-20;/h7-15,18H,4-6,16-17H2,1-3H3,(H,25,28)(H2,24,26,27);1H. The van der Waals surface area contributed by atoms with E-state index in [4.69, 9.17) is 0 Å². The summed E-state index contributed by atoms with van der Waals surface area (Å²) in [5.74, 6) is 0.760. The molecule has 1 unspecified atom stereocenters. The van der Waals surface area contributed by atoms with Crippen molar-refractivity contribution in [1.29, 1.82) is 0 Å². The minimum atomic E-state index is -0.0183. The van der Waals surface area contributed by atoms with Crippen molar-refractivity contribution in [1.82, 2.24) is 16.0 Å². The third kappa shape index (κ3) is 8.85. The van der Waals surface area contributed by atoms with E-state index in [1.54, 1.807) is 0 Å². The number of carbonyl (C=O) groups is 1. The molecule has 6 heteroatoms. The summed E-state index contributed by atoms with van der Waals surface area (Å²) in [5, 5.41) is 9.66. The highest BCUT2D eigenvalue weighted by Gasteiger charge is 2.08. The van der Waals surface area contributed by atoms with Crippen molar-refractivity contribution in [2.45, 2.75) is 46.2 Å². The Bertz CT molecular complexity index is 747. The zero-order chi connectivity index (χ0) is 20.2. The van der Waals surface area contributed by atoms with Crippen LogP contribution >= 0.6 is 24.0 Å². The van der Waals surface area contributed by atoms with Gasteiger partial charge < -0.3 is 16.0 Å². The van der Waals surface area contributed by atoms with Crippen LogP contribution in [0.1, 0.15) is 61.1 Å². The fourth-order valence-corrected chi connectivity index (χ4v) is 2.76. The lowest BCUT2D eigenvalue weighted by atomic mass is 10.1. The number of hydrogen-bond donors (Lipinski definition) is 3. The zero-order valence-electron chi connectivity index (χ0n) is 17.6. The quantitative estimate of drug-likeness (QED) is 0.200. The molecule has 0 spiro atoms. The highest BCUT2D eigenvalue weighted by Crippen LogP contribution is 2.11. The fourth-order valence-electron chi connectivity index (χ4n) is 2.76. The van der Waals surface area contributed by atoms with Crippen LogP contribution in [0.3, 0.4) is 0 Å². The summed E-state index contributed by atoms with van der Waals surface area (Å²) in [6.07, 6.45) is 2.07. The third-order valence-corrected chi connectivity index (χ3v) is 4.45. The van der Waals surface area contributed by atoms with E-state index in [2.05, 4.69) is 53.8 Å². The number of carbonyl (C=O) groups excluding carboxylic acids is 1. The molecule has 1 amide bonds. The molecule has 0 saturated carbocycles. The van der Waals surface area contributed by atoms with E-state index >= 15 is 0 Å². The summed E-state index contributed by atoms with van der Waals surface area (Å²) in [6, 6.07) is 18.1. The van der Waals surface area contributed by atoms with Gasteiger partial charge in [0.05, 0.1) is 12.6 Å². The maximum absolute atomic E-state index is 12.1. The van der Waals surface area contributed by atoms with Crippen LogP contribution in [0.5, 0.6) is 0 Å². The largest absolute Gasteiger partial charge is 0.357 e. The molecule has 0 fully saturated rings. The van der Waals surface area contributed by atoms with Crippen molar-refractivity contribution in [2.24, 2.45) is 4.99 Å². The van der Waals surface area contributed by atoms with Gasteiger partial charge in [-0.3, -0.25) is 4.79 Å². The number of halogens is 1. The molecule has 0 aliphatic heterocycles. The van der Waals surface area contributed by atoms with E-state index in [1.165, 1.54) is 5.56 Å². The van der Waals surface area contributed by atoms with Gasteiger partial charge in [-0.25, -0.2) is 4.99 Å². The Balaban J connectivity index is 0.00000420. The second-order valence-electron chi connectivity index (χ2n) is 6.78. The molecule has 0 radical (unpaired) electrons. The average Bonchev–Trinajstić information content (AvgIpc) is 2.73. The number of nitrogens with zero attached hydrogens (tertiary/aromatic N) is 1. The van der Waals surface area contributed by atoms with Crippen molar-refractivity contribution < 1.29 is 4.79 Å². The van der Waals surface area contributed by atoms with E-state index in [0.29, 0.717) is 12.1 Å². The Morgan fingerprint density at radius 1 is 1.00 bits per heavy atom. The molecule has 0 heterocycles. The van der Waals surface area contributed by atoms with Gasteiger partial charge >= 0.3 is 0 Å². The van der Waals surface area contributed by atoms with Gasteiger partial charge in [0, 0.05) is 18.7 Å². The minimum absolute atomic E-state index is 0. The molecule has 0 aromatic heterocycles. The van der Waals surface area contributed by atoms with Gasteiger partial charge in [0.1, 0.15) is 0 Å². The molecule has 0 aliphatic carbocycles. The highest BCUT2D eigenvalue weighted by atomic mass is 127. The van der Waals surface area contributed by atoms with Crippen molar-refractivity contribution in [3.05, 3.63) is 71.3 Å². The summed E-state index contributed by atoms with van der Waals surface area (Å²) in [6.45, 7) is 8.35. The number of guanidine groups is 1. The summed E-state index contributed by atoms with van der Waals surface area (Å²) < 4.78 is 0. The van der Waals surface area contributed by atoms with Crippen LogP contribution in [0.25, 0.3) is 0 Å². The van der Waals surface area contributed by atoms with Crippen LogP contribution in [0.2, 0.25) is 0 Å². The Kier molecular flexibility index (Phi) is 12.0. The summed E-state index contributed by atoms with van der Waals surface area (Å²) in [5.41, 5.74) is 2.97. The van der Waals surface area contributed by atoms with Crippen LogP contribution in [-0.2, 0) is 6.54 Å². The van der Waals surface area contributed by atoms with E-state index in [-0.39, 0.29) is 35.9 Å². The number of amides is 1. The Hall–Kier alpha value is -2.09. The molecule has 0 aliphatic rings. The van der Waals surface area contributed by atoms with Crippen LogP contribution in [-0.4, -0.2) is 25.0 Å². The molecular formula is C23H33IN4O. The van der Waals surface area contributed by atoms with Gasteiger partial charge in [0.2, 0.25) is 0 Å². The van der Waals surface area contributed by atoms with E-state index in [0.717, 1.165) is 37.5 Å². The Morgan fingerprint density at radius 2 is 1.69 bits per heavy atom. The lowest BCUT2D eigenvalue weighted by Crippen LogP contribution is -2.38. The van der Waals surface area contributed by atoms with Crippen LogP contribution in [0.15, 0.2) is 59.6 Å². The number of aliphatic imine (C=N–C) groups is 1. The maximum Gasteiger partial charge on any atom is 0.251 e. The topological polar surface area (TPSA) is 65.5 Å². The van der Waals surface area contributed by atoms with Gasteiger partial charge in [-0.2, -0.15) is 0 Å². The first-order valence-corrected chi connectivity index (χ1v) is 10.1. The van der Waals surface area contributed by atoms with Crippen LogP contribution < -0.4 is 16.0 Å². The maximum atomic E-state index is 12.1. The first-order chi connectivity index (χ1) is 13.6. The lowest BCUT2D eigenvalue weighted by Gasteiger charge is -2.18. The molecular weight excluding hydrogens is 475 g/mol. The molecule has 5 nitrogen and oxygen atoms in total. The van der Waals surface area contributed by atoms with Gasteiger partial charge in [-0.1, -0.05) is 55.8 Å². The number of hydrogen-bond acceptors (Lipinski definition) is 2. The van der Waals surface area contributed by atoms with Crippen molar-refractivity contribution in [3.63, 3.8) is 0 Å². The first kappa shape index (κ1) is 24.9. The predicted octanol–water partition coefficient (Wildman–Crippen LogP) is 4.65.